The van der Waals surface area contributed by atoms with Crippen molar-refractivity contribution >= 4 is 5.57 Å². The van der Waals surface area contributed by atoms with Gasteiger partial charge in [0.15, 0.2) is 0 Å². The molecule has 1 heterocycles. The van der Waals surface area contributed by atoms with Crippen molar-refractivity contribution in [3.63, 3.8) is 0 Å². The third kappa shape index (κ3) is 1.29. The lowest BCUT2D eigenvalue weighted by Gasteiger charge is -2.34. The zero-order valence-electron chi connectivity index (χ0n) is 12.0. The van der Waals surface area contributed by atoms with Crippen LogP contribution in [0, 0.1) is 16.7 Å². The minimum atomic E-state index is 0.211. The summed E-state index contributed by atoms with van der Waals surface area (Å²) in [5.74, 6) is 0.649. The summed E-state index contributed by atoms with van der Waals surface area (Å²) in [5, 5.41) is 0. The molecular weight excluding hydrogens is 220 g/mol. The van der Waals surface area contributed by atoms with E-state index in [0.717, 1.165) is 6.42 Å². The number of allylic oxidation sites excluding steroid dienone is 2. The normalized spacial score (nSPS) is 27.9. The Kier molecular flexibility index (Phi) is 2.27. The molecule has 2 heteroatoms. The molecule has 0 saturated heterocycles. The number of hydrogen-bond donors (Lipinski definition) is 0. The van der Waals surface area contributed by atoms with Crippen LogP contribution in [0.4, 0.5) is 0 Å². The van der Waals surface area contributed by atoms with Gasteiger partial charge in [0.2, 0.25) is 0 Å². The predicted octanol–water partition coefficient (Wildman–Crippen LogP) is 3.88. The molecule has 2 nitrogen and oxygen atoms in total. The average molecular weight is 242 g/mol. The van der Waals surface area contributed by atoms with Crippen LogP contribution >= 0.6 is 0 Å². The van der Waals surface area contributed by atoms with Crippen LogP contribution in [0.15, 0.2) is 18.1 Å². The summed E-state index contributed by atoms with van der Waals surface area (Å²) in [5.41, 5.74) is 6.18. The second kappa shape index (κ2) is 3.43. The van der Waals surface area contributed by atoms with E-state index in [9.17, 15) is 0 Å². The molecule has 0 fully saturated rings. The van der Waals surface area contributed by atoms with E-state index in [1.807, 2.05) is 6.20 Å². The first-order chi connectivity index (χ1) is 8.37. The van der Waals surface area contributed by atoms with Gasteiger partial charge in [-0.2, -0.15) is 0 Å². The van der Waals surface area contributed by atoms with Gasteiger partial charge >= 0.3 is 0 Å². The predicted molar refractivity (Wildman–Crippen MR) is 74.0 cm³/mol. The highest BCUT2D eigenvalue weighted by atomic mass is 14.8. The second-order valence-electron chi connectivity index (χ2n) is 6.92. The van der Waals surface area contributed by atoms with Gasteiger partial charge in [0, 0.05) is 6.20 Å². The second-order valence-corrected chi connectivity index (χ2v) is 6.92. The van der Waals surface area contributed by atoms with Crippen LogP contribution in [0.1, 0.15) is 52.3 Å². The molecule has 0 unspecified atom stereocenters. The highest BCUT2D eigenvalue weighted by Gasteiger charge is 2.51. The zero-order chi connectivity index (χ0) is 13.1. The number of nitrogens with zero attached hydrogens (tertiary/aromatic N) is 2. The van der Waals surface area contributed by atoms with E-state index in [4.69, 9.17) is 0 Å². The fraction of sp³-hybridized carbons (Fsp3) is 0.625. The molecule has 1 aromatic heterocycles. The maximum atomic E-state index is 4.59. The summed E-state index contributed by atoms with van der Waals surface area (Å²) in [7, 11) is 0. The van der Waals surface area contributed by atoms with Gasteiger partial charge in [-0.1, -0.05) is 40.2 Å². The summed E-state index contributed by atoms with van der Waals surface area (Å²) in [6, 6.07) is 0. The van der Waals surface area contributed by atoms with Gasteiger partial charge in [-0.15, -0.1) is 0 Å². The van der Waals surface area contributed by atoms with Crippen molar-refractivity contribution in [3.05, 3.63) is 29.4 Å². The largest absolute Gasteiger partial charge is 0.244 e. The van der Waals surface area contributed by atoms with Crippen molar-refractivity contribution < 1.29 is 0 Å². The summed E-state index contributed by atoms with van der Waals surface area (Å²) in [6.07, 6.45) is 5.97. The van der Waals surface area contributed by atoms with Gasteiger partial charge in [-0.3, -0.25) is 0 Å². The quantitative estimate of drug-likeness (QED) is 0.690. The van der Waals surface area contributed by atoms with Gasteiger partial charge < -0.3 is 0 Å². The lowest BCUT2D eigenvalue weighted by Crippen LogP contribution is -2.27. The van der Waals surface area contributed by atoms with Crippen LogP contribution in [-0.2, 0) is 6.42 Å². The number of fused-ring (bicyclic) bond motifs is 2. The Morgan fingerprint density at radius 3 is 2.56 bits per heavy atom. The topological polar surface area (TPSA) is 25.8 Å². The first-order valence-corrected chi connectivity index (χ1v) is 6.90. The minimum absolute atomic E-state index is 0.211. The number of rotatable bonds is 0. The number of hydrogen-bond acceptors (Lipinski definition) is 2. The summed E-state index contributed by atoms with van der Waals surface area (Å²) in [4.78, 5) is 8.77. The van der Waals surface area contributed by atoms with E-state index in [-0.39, 0.29) is 5.41 Å². The van der Waals surface area contributed by atoms with Crippen molar-refractivity contribution in [2.24, 2.45) is 16.7 Å². The number of aryl methyl sites for hydroxylation is 1. The fourth-order valence-electron chi connectivity index (χ4n) is 4.01. The van der Waals surface area contributed by atoms with Gasteiger partial charge in [-0.05, 0) is 40.7 Å². The first kappa shape index (κ1) is 11.9. The average Bonchev–Trinajstić information content (AvgIpc) is 2.48. The van der Waals surface area contributed by atoms with E-state index in [2.05, 4.69) is 44.6 Å². The van der Waals surface area contributed by atoms with E-state index >= 15 is 0 Å². The van der Waals surface area contributed by atoms with Crippen LogP contribution in [0.5, 0.6) is 0 Å². The molecule has 18 heavy (non-hydrogen) atoms. The van der Waals surface area contributed by atoms with Crippen molar-refractivity contribution in [3.8, 4) is 0 Å². The fourth-order valence-corrected chi connectivity index (χ4v) is 4.01. The standard InChI is InChI=1S/C16H22N2/c1-10-15(2,3)12-7-6-11-8-17-9-18-14(11)13(12)16(10,4)5/h8-10H,6-7H2,1-5H3/t10-/m1/s1. The monoisotopic (exact) mass is 242 g/mol. The number of aromatic nitrogens is 2. The maximum absolute atomic E-state index is 4.59. The highest BCUT2D eigenvalue weighted by Crippen LogP contribution is 2.62. The third-order valence-electron chi connectivity index (χ3n) is 5.56. The smallest absolute Gasteiger partial charge is 0.116 e. The molecule has 1 atom stereocenters. The summed E-state index contributed by atoms with van der Waals surface area (Å²) >= 11 is 0. The van der Waals surface area contributed by atoms with Crippen LogP contribution in [0.2, 0.25) is 0 Å². The molecule has 0 bridgehead atoms. The minimum Gasteiger partial charge on any atom is -0.244 e. The lowest BCUT2D eigenvalue weighted by atomic mass is 9.69. The molecule has 0 aliphatic heterocycles. The Labute approximate surface area is 110 Å². The van der Waals surface area contributed by atoms with Gasteiger partial charge in [0.1, 0.15) is 6.33 Å². The maximum Gasteiger partial charge on any atom is 0.116 e. The van der Waals surface area contributed by atoms with Crippen molar-refractivity contribution in [1.82, 2.24) is 9.97 Å². The molecule has 0 N–H and O–H groups in total. The van der Waals surface area contributed by atoms with Gasteiger partial charge in [0.05, 0.1) is 5.69 Å². The Balaban J connectivity index is 2.28. The van der Waals surface area contributed by atoms with Crippen molar-refractivity contribution in [2.45, 2.75) is 47.5 Å². The van der Waals surface area contributed by atoms with Crippen molar-refractivity contribution in [1.29, 1.82) is 0 Å². The zero-order valence-corrected chi connectivity index (χ0v) is 12.0. The molecule has 0 saturated carbocycles. The Hall–Kier alpha value is -1.18. The Bertz CT molecular complexity index is 538. The lowest BCUT2D eigenvalue weighted by molar-refractivity contribution is 0.198. The van der Waals surface area contributed by atoms with Crippen LogP contribution < -0.4 is 0 Å². The molecule has 0 spiro atoms. The molecule has 2 aliphatic carbocycles. The molecular formula is C16H22N2. The molecule has 0 radical (unpaired) electrons. The van der Waals surface area contributed by atoms with Gasteiger partial charge in [-0.25, -0.2) is 9.97 Å². The molecule has 2 aliphatic rings. The summed E-state index contributed by atoms with van der Waals surface area (Å²) < 4.78 is 0. The molecule has 96 valence electrons. The van der Waals surface area contributed by atoms with Crippen molar-refractivity contribution in [2.75, 3.05) is 0 Å². The Morgan fingerprint density at radius 2 is 1.83 bits per heavy atom. The summed E-state index contributed by atoms with van der Waals surface area (Å²) in [6.45, 7) is 11.9. The Morgan fingerprint density at radius 1 is 1.11 bits per heavy atom. The van der Waals surface area contributed by atoms with E-state index in [0.29, 0.717) is 11.3 Å². The van der Waals surface area contributed by atoms with E-state index in [1.165, 1.54) is 23.3 Å². The SMILES string of the molecule is C[C@@H]1C(C)(C)C2=C(c3ncncc3CC2)C1(C)C. The van der Waals surface area contributed by atoms with Gasteiger partial charge in [0.25, 0.3) is 0 Å². The molecule has 0 amide bonds. The van der Waals surface area contributed by atoms with E-state index in [1.54, 1.807) is 11.9 Å². The van der Waals surface area contributed by atoms with Crippen LogP contribution in [0.3, 0.4) is 0 Å². The first-order valence-electron chi connectivity index (χ1n) is 6.90. The van der Waals surface area contributed by atoms with Crippen LogP contribution in [-0.4, -0.2) is 9.97 Å². The van der Waals surface area contributed by atoms with Crippen LogP contribution in [0.25, 0.3) is 5.57 Å². The third-order valence-corrected chi connectivity index (χ3v) is 5.56. The highest BCUT2D eigenvalue weighted by molar-refractivity contribution is 5.78. The van der Waals surface area contributed by atoms with E-state index < -0.39 is 0 Å². The molecule has 3 rings (SSSR count). The molecule has 0 aromatic carbocycles. The molecule has 1 aromatic rings.